The van der Waals surface area contributed by atoms with Gasteiger partial charge in [0.2, 0.25) is 5.78 Å². The highest BCUT2D eigenvalue weighted by Gasteiger charge is 2.29. The maximum absolute atomic E-state index is 13.4. The van der Waals surface area contributed by atoms with Crippen LogP contribution in [0.15, 0.2) is 66.4 Å². The van der Waals surface area contributed by atoms with E-state index in [-0.39, 0.29) is 11.5 Å². The van der Waals surface area contributed by atoms with Gasteiger partial charge in [-0.15, -0.1) is 0 Å². The normalized spacial score (nSPS) is 13.4. The number of hydrogen-bond donors (Lipinski definition) is 2. The van der Waals surface area contributed by atoms with E-state index in [1.807, 2.05) is 49.4 Å². The number of urea groups is 1. The third-order valence-corrected chi connectivity index (χ3v) is 7.76. The van der Waals surface area contributed by atoms with Gasteiger partial charge in [-0.2, -0.15) is 0 Å². The van der Waals surface area contributed by atoms with Gasteiger partial charge < -0.3 is 34.5 Å². The minimum absolute atomic E-state index is 0.232. The van der Waals surface area contributed by atoms with Crippen LogP contribution in [-0.2, 0) is 6.54 Å². The molecule has 2 N–H and O–H groups in total. The molecule has 2 heterocycles. The summed E-state index contributed by atoms with van der Waals surface area (Å²) in [6, 6.07) is 18.3. The molecular formula is C34H39N5O4. The number of methoxy groups -OCH3 is 1. The van der Waals surface area contributed by atoms with Gasteiger partial charge in [-0.1, -0.05) is 0 Å². The van der Waals surface area contributed by atoms with E-state index >= 15 is 0 Å². The van der Waals surface area contributed by atoms with Gasteiger partial charge in [0.15, 0.2) is 5.76 Å². The van der Waals surface area contributed by atoms with Crippen molar-refractivity contribution in [1.82, 2.24) is 9.47 Å². The molecule has 9 heteroatoms. The number of carbonyl (C=O) groups is 2. The van der Waals surface area contributed by atoms with E-state index in [9.17, 15) is 9.59 Å². The zero-order chi connectivity index (χ0) is 30.7. The zero-order valence-electron chi connectivity index (χ0n) is 25.7. The first-order chi connectivity index (χ1) is 20.7. The van der Waals surface area contributed by atoms with Crippen molar-refractivity contribution in [1.29, 1.82) is 0 Å². The molecule has 5 rings (SSSR count). The Bertz CT molecular complexity index is 1690. The van der Waals surface area contributed by atoms with Crippen molar-refractivity contribution in [3.8, 4) is 11.5 Å². The van der Waals surface area contributed by atoms with Crippen LogP contribution in [0.3, 0.4) is 0 Å². The molecule has 0 atom stereocenters. The number of ether oxygens (including phenoxy) is 2. The largest absolute Gasteiger partial charge is 0.497 e. The predicted octanol–water partition coefficient (Wildman–Crippen LogP) is 6.63. The van der Waals surface area contributed by atoms with Crippen LogP contribution in [0.1, 0.15) is 35.0 Å². The van der Waals surface area contributed by atoms with Gasteiger partial charge in [0.25, 0.3) is 0 Å². The molecule has 1 aromatic heterocycles. The van der Waals surface area contributed by atoms with Gasteiger partial charge in [0, 0.05) is 59.4 Å². The van der Waals surface area contributed by atoms with Gasteiger partial charge in [-0.3, -0.25) is 4.79 Å². The molecule has 9 nitrogen and oxygen atoms in total. The molecule has 1 aliphatic rings. The average Bonchev–Trinajstić information content (AvgIpc) is 3.44. The molecule has 2 amide bonds. The smallest absolute Gasteiger partial charge is 0.323 e. The van der Waals surface area contributed by atoms with Crippen LogP contribution in [0.5, 0.6) is 11.5 Å². The minimum Gasteiger partial charge on any atom is -0.497 e. The fourth-order valence-corrected chi connectivity index (χ4v) is 5.45. The van der Waals surface area contributed by atoms with E-state index in [1.165, 1.54) is 0 Å². The molecule has 0 bridgehead atoms. The fourth-order valence-electron chi connectivity index (χ4n) is 5.45. The molecule has 224 valence electrons. The van der Waals surface area contributed by atoms with E-state index in [4.69, 9.17) is 9.47 Å². The summed E-state index contributed by atoms with van der Waals surface area (Å²) in [5.74, 6) is 1.21. The number of allylic oxidation sites excluding steroid dienone is 1. The molecular weight excluding hydrogens is 542 g/mol. The molecule has 4 aromatic rings. The quantitative estimate of drug-likeness (QED) is 0.205. The number of fused-ring (bicyclic) bond motifs is 2. The van der Waals surface area contributed by atoms with Crippen molar-refractivity contribution >= 4 is 45.9 Å². The van der Waals surface area contributed by atoms with Crippen LogP contribution in [0.4, 0.5) is 21.9 Å². The molecule has 0 saturated carbocycles. The molecule has 0 unspecified atom stereocenters. The number of nitrogens with zero attached hydrogens (tertiary/aromatic N) is 3. The molecule has 0 saturated heterocycles. The van der Waals surface area contributed by atoms with Crippen molar-refractivity contribution in [2.75, 3.05) is 56.9 Å². The van der Waals surface area contributed by atoms with E-state index in [2.05, 4.69) is 53.1 Å². The third-order valence-electron chi connectivity index (χ3n) is 7.76. The van der Waals surface area contributed by atoms with Crippen LogP contribution >= 0.6 is 0 Å². The number of hydrogen-bond acceptors (Lipinski definition) is 6. The summed E-state index contributed by atoms with van der Waals surface area (Å²) < 4.78 is 13.6. The monoisotopic (exact) mass is 581 g/mol. The lowest BCUT2D eigenvalue weighted by atomic mass is 10.1. The van der Waals surface area contributed by atoms with Gasteiger partial charge in [-0.05, 0) is 108 Å². The molecule has 0 spiro atoms. The Balaban J connectivity index is 1.27. The molecule has 0 aliphatic carbocycles. The van der Waals surface area contributed by atoms with E-state index < -0.39 is 6.03 Å². The number of carbonyl (C=O) groups excluding carboxylic acids is 2. The summed E-state index contributed by atoms with van der Waals surface area (Å²) in [6.07, 6.45) is 2.87. The Hall–Kier alpha value is -4.76. The summed E-state index contributed by atoms with van der Waals surface area (Å²) in [7, 11) is 7.84. The second-order valence-electron chi connectivity index (χ2n) is 11.0. The Labute approximate surface area is 252 Å². The summed E-state index contributed by atoms with van der Waals surface area (Å²) >= 11 is 0. The second-order valence-corrected chi connectivity index (χ2v) is 11.0. The molecule has 3 aromatic carbocycles. The molecule has 0 fully saturated rings. The Kier molecular flexibility index (Phi) is 8.73. The van der Waals surface area contributed by atoms with Crippen LogP contribution in [0, 0.1) is 6.92 Å². The van der Waals surface area contributed by atoms with Crippen molar-refractivity contribution in [3.63, 3.8) is 0 Å². The van der Waals surface area contributed by atoms with Gasteiger partial charge in [0.1, 0.15) is 11.5 Å². The van der Waals surface area contributed by atoms with E-state index in [0.29, 0.717) is 22.7 Å². The number of amides is 2. The minimum atomic E-state index is -0.397. The highest BCUT2D eigenvalue weighted by atomic mass is 16.5. The van der Waals surface area contributed by atoms with Crippen molar-refractivity contribution in [2.45, 2.75) is 26.8 Å². The number of nitrogens with one attached hydrogen (secondary N) is 2. The average molecular weight is 582 g/mol. The van der Waals surface area contributed by atoms with Gasteiger partial charge in [0.05, 0.1) is 12.7 Å². The summed E-state index contributed by atoms with van der Waals surface area (Å²) in [5.41, 5.74) is 5.67. The first kappa shape index (κ1) is 29.7. The number of anilines is 3. The lowest BCUT2D eigenvalue weighted by molar-refractivity contribution is 0.101. The highest BCUT2D eigenvalue weighted by molar-refractivity contribution is 6.16. The van der Waals surface area contributed by atoms with E-state index in [0.717, 1.165) is 59.7 Å². The Morgan fingerprint density at radius 3 is 2.40 bits per heavy atom. The van der Waals surface area contributed by atoms with Crippen LogP contribution in [-0.4, -0.2) is 62.6 Å². The Morgan fingerprint density at radius 2 is 1.70 bits per heavy atom. The van der Waals surface area contributed by atoms with Crippen LogP contribution < -0.4 is 25.0 Å². The zero-order valence-corrected chi connectivity index (χ0v) is 25.7. The SMILES string of the molecule is CCn1c(C)c(C=C2Oc3ccc(NC(=O)Nc4ccc(N(C)CCCN(C)C)cc4)cc3C2=O)c2cc(OC)ccc21. The number of ketones is 1. The first-order valence-corrected chi connectivity index (χ1v) is 14.5. The second kappa shape index (κ2) is 12.6. The number of Topliss-reactive ketones (excluding diaryl/α,β-unsaturated/α-hetero) is 1. The number of benzene rings is 3. The molecule has 1 aliphatic heterocycles. The van der Waals surface area contributed by atoms with Gasteiger partial charge >= 0.3 is 6.03 Å². The van der Waals surface area contributed by atoms with Crippen LogP contribution in [0.2, 0.25) is 0 Å². The van der Waals surface area contributed by atoms with E-state index in [1.54, 1.807) is 31.4 Å². The van der Waals surface area contributed by atoms with Crippen molar-refractivity contribution in [2.24, 2.45) is 0 Å². The third kappa shape index (κ3) is 6.36. The molecule has 43 heavy (non-hydrogen) atoms. The number of aryl methyl sites for hydroxylation is 1. The maximum atomic E-state index is 13.4. The fraction of sp³-hybridized carbons (Fsp3) is 0.294. The lowest BCUT2D eigenvalue weighted by Crippen LogP contribution is -2.23. The van der Waals surface area contributed by atoms with Crippen molar-refractivity contribution < 1.29 is 19.1 Å². The summed E-state index contributed by atoms with van der Waals surface area (Å²) in [5, 5.41) is 6.68. The van der Waals surface area contributed by atoms with Gasteiger partial charge in [-0.25, -0.2) is 4.79 Å². The Morgan fingerprint density at radius 1 is 0.977 bits per heavy atom. The highest BCUT2D eigenvalue weighted by Crippen LogP contribution is 2.37. The maximum Gasteiger partial charge on any atom is 0.323 e. The standard InChI is InChI=1S/C34H39N5O4/c1-7-39-22(2)27(28-20-26(42-6)14-15-30(28)39)21-32-33(40)29-19-24(11-16-31(29)43-32)36-34(41)35-23-9-12-25(13-10-23)38(5)18-8-17-37(3)4/h9-16,19-21H,7-8,17-18H2,1-6H3,(H2,35,36,41). The number of rotatable bonds is 10. The van der Waals surface area contributed by atoms with Crippen molar-refractivity contribution in [3.05, 3.63) is 83.2 Å². The first-order valence-electron chi connectivity index (χ1n) is 14.5. The topological polar surface area (TPSA) is 88.1 Å². The summed E-state index contributed by atoms with van der Waals surface area (Å²) in [6.45, 7) is 6.89. The number of aromatic nitrogens is 1. The predicted molar refractivity (Wildman–Crippen MR) is 174 cm³/mol. The lowest BCUT2D eigenvalue weighted by Gasteiger charge is -2.20. The summed E-state index contributed by atoms with van der Waals surface area (Å²) in [4.78, 5) is 30.5. The van der Waals surface area contributed by atoms with Crippen LogP contribution in [0.25, 0.3) is 17.0 Å². The molecule has 0 radical (unpaired) electrons.